The third kappa shape index (κ3) is 5.55. The van der Waals surface area contributed by atoms with Crippen molar-refractivity contribution < 1.29 is 14.3 Å². The summed E-state index contributed by atoms with van der Waals surface area (Å²) in [4.78, 5) is 15.7. The van der Waals surface area contributed by atoms with E-state index in [2.05, 4.69) is 31.1 Å². The van der Waals surface area contributed by atoms with Crippen molar-refractivity contribution in [1.29, 1.82) is 0 Å². The van der Waals surface area contributed by atoms with Crippen LogP contribution in [0.3, 0.4) is 0 Å². The van der Waals surface area contributed by atoms with E-state index in [0.717, 1.165) is 31.9 Å². The van der Waals surface area contributed by atoms with E-state index in [9.17, 15) is 14.3 Å². The summed E-state index contributed by atoms with van der Waals surface area (Å²) in [5, 5.41) is 13.5. The lowest BCUT2D eigenvalue weighted by Crippen LogP contribution is -2.46. The maximum atomic E-state index is 13.1. The number of hydrogen-bond acceptors (Lipinski definition) is 3. The molecule has 1 aliphatic carbocycles. The minimum atomic E-state index is -0.794. The van der Waals surface area contributed by atoms with Crippen molar-refractivity contribution in [2.45, 2.75) is 64.9 Å². The molecule has 1 saturated carbocycles. The summed E-state index contributed by atoms with van der Waals surface area (Å²) < 4.78 is 13.1. The van der Waals surface area contributed by atoms with E-state index in [4.69, 9.17) is 0 Å². The molecule has 5 heteroatoms. The van der Waals surface area contributed by atoms with Gasteiger partial charge in [-0.1, -0.05) is 20.8 Å². The fourth-order valence-electron chi connectivity index (χ4n) is 3.40. The number of nitrogens with zero attached hydrogens (tertiary/aromatic N) is 1. The van der Waals surface area contributed by atoms with Crippen LogP contribution in [0.4, 0.5) is 4.39 Å². The molecule has 1 aliphatic rings. The molecule has 134 valence electrons. The first kappa shape index (κ1) is 18.8. The average Bonchev–Trinajstić information content (AvgIpc) is 2.51. The third-order valence-corrected chi connectivity index (χ3v) is 5.16. The molecular weight excluding hydrogens is 307 g/mol. The second-order valence-electron chi connectivity index (χ2n) is 8.15. The minimum absolute atomic E-state index is 0.120. The first-order valence-corrected chi connectivity index (χ1v) is 8.76. The van der Waals surface area contributed by atoms with Crippen molar-refractivity contribution in [1.82, 2.24) is 10.3 Å². The number of halogens is 1. The van der Waals surface area contributed by atoms with Gasteiger partial charge in [-0.05, 0) is 55.1 Å². The molecule has 0 unspecified atom stereocenters. The van der Waals surface area contributed by atoms with Gasteiger partial charge in [0, 0.05) is 19.2 Å². The molecule has 0 aliphatic heterocycles. The molecule has 2 N–H and O–H groups in total. The summed E-state index contributed by atoms with van der Waals surface area (Å²) in [6.45, 7) is 7.02. The molecule has 2 rings (SSSR count). The normalized spacial score (nSPS) is 24.6. The number of rotatable bonds is 5. The molecule has 0 bridgehead atoms. The van der Waals surface area contributed by atoms with Gasteiger partial charge in [0.1, 0.15) is 5.82 Å². The van der Waals surface area contributed by atoms with Crippen LogP contribution in [-0.4, -0.2) is 28.1 Å². The number of pyridine rings is 1. The molecule has 1 aromatic rings. The van der Waals surface area contributed by atoms with Crippen LogP contribution in [0.2, 0.25) is 0 Å². The summed E-state index contributed by atoms with van der Waals surface area (Å²) in [6.07, 6.45) is 6.86. The first-order chi connectivity index (χ1) is 11.2. The molecule has 1 fully saturated rings. The molecule has 24 heavy (non-hydrogen) atoms. The fraction of sp³-hybridized carbons (Fsp3) is 0.684. The number of amides is 1. The molecule has 4 nitrogen and oxygen atoms in total. The van der Waals surface area contributed by atoms with Gasteiger partial charge in [0.15, 0.2) is 0 Å². The minimum Gasteiger partial charge on any atom is -0.388 e. The average molecular weight is 336 g/mol. The van der Waals surface area contributed by atoms with E-state index in [1.54, 1.807) is 6.20 Å². The molecule has 1 heterocycles. The highest BCUT2D eigenvalue weighted by Gasteiger charge is 2.37. The maximum absolute atomic E-state index is 13.1. The predicted molar refractivity (Wildman–Crippen MR) is 91.9 cm³/mol. The molecule has 1 amide bonds. The Labute approximate surface area is 143 Å². The Morgan fingerprint density at radius 1 is 1.38 bits per heavy atom. The van der Waals surface area contributed by atoms with Crippen molar-refractivity contribution in [3.05, 3.63) is 29.8 Å². The van der Waals surface area contributed by atoms with E-state index in [1.165, 1.54) is 6.07 Å². The van der Waals surface area contributed by atoms with Gasteiger partial charge >= 0.3 is 0 Å². The van der Waals surface area contributed by atoms with Crippen LogP contribution in [0.5, 0.6) is 0 Å². The molecular formula is C19H29FN2O2. The van der Waals surface area contributed by atoms with Gasteiger partial charge < -0.3 is 10.4 Å². The Morgan fingerprint density at radius 3 is 2.62 bits per heavy atom. The highest BCUT2D eigenvalue weighted by Crippen LogP contribution is 2.41. The zero-order valence-electron chi connectivity index (χ0n) is 14.9. The Hall–Kier alpha value is -1.49. The SMILES string of the molecule is CC(C)(C)C1CCC(O)(CNC(=O)CCc2cncc(F)c2)CC1. The van der Waals surface area contributed by atoms with Crippen molar-refractivity contribution >= 4 is 5.91 Å². The van der Waals surface area contributed by atoms with Crippen LogP contribution in [-0.2, 0) is 11.2 Å². The highest BCUT2D eigenvalue weighted by atomic mass is 19.1. The number of carbonyl (C=O) groups is 1. The smallest absolute Gasteiger partial charge is 0.220 e. The largest absolute Gasteiger partial charge is 0.388 e. The van der Waals surface area contributed by atoms with Gasteiger partial charge in [-0.3, -0.25) is 9.78 Å². The van der Waals surface area contributed by atoms with Gasteiger partial charge in [-0.25, -0.2) is 4.39 Å². The standard InChI is InChI=1S/C19H29FN2O2/c1-18(2,3)15-6-8-19(24,9-7-15)13-22-17(23)5-4-14-10-16(20)12-21-11-14/h10-12,15,24H,4-9,13H2,1-3H3,(H,22,23). The van der Waals surface area contributed by atoms with Crippen LogP contribution in [0.25, 0.3) is 0 Å². The Bertz CT molecular complexity index is 561. The Kier molecular flexibility index (Phi) is 5.97. The van der Waals surface area contributed by atoms with Crippen LogP contribution in [0.15, 0.2) is 18.5 Å². The highest BCUT2D eigenvalue weighted by molar-refractivity contribution is 5.76. The number of aromatic nitrogens is 1. The second kappa shape index (κ2) is 7.60. The molecule has 0 saturated heterocycles. The Morgan fingerprint density at radius 2 is 2.04 bits per heavy atom. The lowest BCUT2D eigenvalue weighted by Gasteiger charge is -2.41. The number of nitrogens with one attached hydrogen (secondary N) is 1. The van der Waals surface area contributed by atoms with Crippen molar-refractivity contribution in [2.75, 3.05) is 6.54 Å². The van der Waals surface area contributed by atoms with E-state index in [1.807, 2.05) is 0 Å². The van der Waals surface area contributed by atoms with E-state index >= 15 is 0 Å². The van der Waals surface area contributed by atoms with Gasteiger partial charge in [-0.15, -0.1) is 0 Å². The molecule has 0 radical (unpaired) electrons. The lowest BCUT2D eigenvalue weighted by atomic mass is 9.68. The van der Waals surface area contributed by atoms with Gasteiger partial charge in [0.05, 0.1) is 11.8 Å². The van der Waals surface area contributed by atoms with Crippen LogP contribution >= 0.6 is 0 Å². The fourth-order valence-corrected chi connectivity index (χ4v) is 3.40. The summed E-state index contributed by atoms with van der Waals surface area (Å²) in [7, 11) is 0. The third-order valence-electron chi connectivity index (χ3n) is 5.16. The van der Waals surface area contributed by atoms with Gasteiger partial charge in [0.2, 0.25) is 5.91 Å². The van der Waals surface area contributed by atoms with Crippen molar-refractivity contribution in [3.63, 3.8) is 0 Å². The number of carbonyl (C=O) groups excluding carboxylic acids is 1. The van der Waals surface area contributed by atoms with Gasteiger partial charge in [0.25, 0.3) is 0 Å². The number of aryl methyl sites for hydroxylation is 1. The summed E-state index contributed by atoms with van der Waals surface area (Å²) in [5.74, 6) is 0.109. The quantitative estimate of drug-likeness (QED) is 0.868. The Balaban J connectivity index is 1.73. The molecule has 0 aromatic carbocycles. The first-order valence-electron chi connectivity index (χ1n) is 8.76. The van der Waals surface area contributed by atoms with E-state index in [0.29, 0.717) is 24.4 Å². The van der Waals surface area contributed by atoms with Crippen LogP contribution in [0, 0.1) is 17.2 Å². The zero-order chi connectivity index (χ0) is 17.8. The van der Waals surface area contributed by atoms with Crippen molar-refractivity contribution in [2.24, 2.45) is 11.3 Å². The number of hydrogen-bond donors (Lipinski definition) is 2. The summed E-state index contributed by atoms with van der Waals surface area (Å²) in [5.41, 5.74) is 0.177. The summed E-state index contributed by atoms with van der Waals surface area (Å²) >= 11 is 0. The molecule has 1 aromatic heterocycles. The van der Waals surface area contributed by atoms with Gasteiger partial charge in [-0.2, -0.15) is 0 Å². The summed E-state index contributed by atoms with van der Waals surface area (Å²) in [6, 6.07) is 1.39. The van der Waals surface area contributed by atoms with E-state index in [-0.39, 0.29) is 17.7 Å². The van der Waals surface area contributed by atoms with E-state index < -0.39 is 11.4 Å². The van der Waals surface area contributed by atoms with Crippen molar-refractivity contribution in [3.8, 4) is 0 Å². The number of aliphatic hydroxyl groups is 1. The molecule has 0 spiro atoms. The lowest BCUT2D eigenvalue weighted by molar-refractivity contribution is -0.123. The zero-order valence-corrected chi connectivity index (χ0v) is 14.9. The monoisotopic (exact) mass is 336 g/mol. The second-order valence-corrected chi connectivity index (χ2v) is 8.15. The van der Waals surface area contributed by atoms with Crippen LogP contribution < -0.4 is 5.32 Å². The topological polar surface area (TPSA) is 62.2 Å². The van der Waals surface area contributed by atoms with Crippen LogP contribution in [0.1, 0.15) is 58.4 Å². The predicted octanol–water partition coefficient (Wildman–Crippen LogP) is 3.24. The maximum Gasteiger partial charge on any atom is 0.220 e. The molecule has 0 atom stereocenters.